The fourth-order valence-corrected chi connectivity index (χ4v) is 1.73. The summed E-state index contributed by atoms with van der Waals surface area (Å²) in [4.78, 5) is 20.0. The van der Waals surface area contributed by atoms with Crippen molar-refractivity contribution in [2.45, 2.75) is 20.4 Å². The fraction of sp³-hybridized carbons (Fsp3) is 0.267. The zero-order valence-corrected chi connectivity index (χ0v) is 11.6. The first-order valence-electron chi connectivity index (χ1n) is 6.48. The number of aromatic nitrogens is 2. The summed E-state index contributed by atoms with van der Waals surface area (Å²) in [6, 6.07) is 7.17. The second-order valence-electron chi connectivity index (χ2n) is 4.24. The van der Waals surface area contributed by atoms with Crippen molar-refractivity contribution in [2.75, 3.05) is 11.9 Å². The van der Waals surface area contributed by atoms with Crippen molar-refractivity contribution in [3.8, 4) is 0 Å². The Morgan fingerprint density at radius 3 is 2.55 bits per heavy atom. The van der Waals surface area contributed by atoms with E-state index in [9.17, 15) is 4.79 Å². The second-order valence-corrected chi connectivity index (χ2v) is 4.24. The Balaban J connectivity index is 1.98. The molecule has 1 heterocycles. The molecular formula is C15H17N3O2. The molecule has 1 N–H and O–H groups in total. The van der Waals surface area contributed by atoms with Crippen molar-refractivity contribution < 1.29 is 9.53 Å². The van der Waals surface area contributed by atoms with Crippen LogP contribution in [0, 0.1) is 6.92 Å². The van der Waals surface area contributed by atoms with Crippen LogP contribution in [0.5, 0.6) is 0 Å². The summed E-state index contributed by atoms with van der Waals surface area (Å²) in [5.41, 5.74) is 3.28. The summed E-state index contributed by atoms with van der Waals surface area (Å²) < 4.78 is 4.94. The van der Waals surface area contributed by atoms with Crippen LogP contribution in [0.4, 0.5) is 5.69 Å². The number of ether oxygens (including phenoxy) is 1. The lowest BCUT2D eigenvalue weighted by Crippen LogP contribution is -2.06. The highest BCUT2D eigenvalue weighted by Gasteiger charge is 2.05. The van der Waals surface area contributed by atoms with Gasteiger partial charge in [0.2, 0.25) is 0 Å². The Morgan fingerprint density at radius 2 is 1.90 bits per heavy atom. The van der Waals surface area contributed by atoms with E-state index in [1.807, 2.05) is 19.1 Å². The summed E-state index contributed by atoms with van der Waals surface area (Å²) in [7, 11) is 0. The van der Waals surface area contributed by atoms with E-state index in [-0.39, 0.29) is 5.97 Å². The van der Waals surface area contributed by atoms with Gasteiger partial charge in [-0.15, -0.1) is 0 Å². The standard InChI is InChI=1S/C15H17N3O2/c1-3-20-15(19)12-4-6-13(7-5-12)18-10-14-11(2)16-8-9-17-14/h4-9,18H,3,10H2,1-2H3. The predicted octanol–water partition coefficient (Wildman–Crippen LogP) is 2.57. The molecule has 0 unspecified atom stereocenters. The highest BCUT2D eigenvalue weighted by Crippen LogP contribution is 2.12. The fourth-order valence-electron chi connectivity index (χ4n) is 1.73. The highest BCUT2D eigenvalue weighted by atomic mass is 16.5. The first-order valence-corrected chi connectivity index (χ1v) is 6.48. The minimum absolute atomic E-state index is 0.302. The zero-order valence-electron chi connectivity index (χ0n) is 11.6. The van der Waals surface area contributed by atoms with Crippen molar-refractivity contribution in [2.24, 2.45) is 0 Å². The number of hydrogen-bond donors (Lipinski definition) is 1. The van der Waals surface area contributed by atoms with Crippen molar-refractivity contribution in [1.82, 2.24) is 9.97 Å². The molecule has 0 radical (unpaired) electrons. The van der Waals surface area contributed by atoms with E-state index in [0.717, 1.165) is 17.1 Å². The van der Waals surface area contributed by atoms with Gasteiger partial charge in [0.25, 0.3) is 0 Å². The molecule has 0 saturated carbocycles. The molecule has 5 heteroatoms. The van der Waals surface area contributed by atoms with E-state index in [1.165, 1.54) is 0 Å². The minimum Gasteiger partial charge on any atom is -0.462 e. The summed E-state index contributed by atoms with van der Waals surface area (Å²) in [5.74, 6) is -0.302. The third kappa shape index (κ3) is 3.54. The van der Waals surface area contributed by atoms with Gasteiger partial charge in [0.15, 0.2) is 0 Å². The highest BCUT2D eigenvalue weighted by molar-refractivity contribution is 5.89. The van der Waals surface area contributed by atoms with Gasteiger partial charge in [0.05, 0.1) is 30.1 Å². The smallest absolute Gasteiger partial charge is 0.338 e. The molecular weight excluding hydrogens is 254 g/mol. The molecule has 1 aromatic carbocycles. The van der Waals surface area contributed by atoms with Gasteiger partial charge in [-0.2, -0.15) is 0 Å². The molecule has 1 aromatic heterocycles. The molecule has 2 rings (SSSR count). The van der Waals surface area contributed by atoms with Crippen LogP contribution in [0.3, 0.4) is 0 Å². The number of rotatable bonds is 5. The predicted molar refractivity (Wildman–Crippen MR) is 76.5 cm³/mol. The van der Waals surface area contributed by atoms with Gasteiger partial charge < -0.3 is 10.1 Å². The van der Waals surface area contributed by atoms with Crippen molar-refractivity contribution in [1.29, 1.82) is 0 Å². The number of benzene rings is 1. The quantitative estimate of drug-likeness (QED) is 0.847. The van der Waals surface area contributed by atoms with Gasteiger partial charge in [-0.25, -0.2) is 4.79 Å². The third-order valence-corrected chi connectivity index (χ3v) is 2.84. The molecule has 104 valence electrons. The Bertz CT molecular complexity index is 582. The monoisotopic (exact) mass is 271 g/mol. The molecule has 0 spiro atoms. The van der Waals surface area contributed by atoms with E-state index >= 15 is 0 Å². The first kappa shape index (κ1) is 14.0. The lowest BCUT2D eigenvalue weighted by Gasteiger charge is -2.08. The number of nitrogens with zero attached hydrogens (tertiary/aromatic N) is 2. The molecule has 0 aliphatic heterocycles. The molecule has 5 nitrogen and oxygen atoms in total. The second kappa shape index (κ2) is 6.65. The van der Waals surface area contributed by atoms with Crippen LogP contribution in [0.25, 0.3) is 0 Å². The Labute approximate surface area is 118 Å². The maximum absolute atomic E-state index is 11.5. The van der Waals surface area contributed by atoms with Gasteiger partial charge in [-0.05, 0) is 38.1 Å². The normalized spacial score (nSPS) is 10.1. The summed E-state index contributed by atoms with van der Waals surface area (Å²) in [6.45, 7) is 4.69. The third-order valence-electron chi connectivity index (χ3n) is 2.84. The first-order chi connectivity index (χ1) is 9.70. The van der Waals surface area contributed by atoms with Gasteiger partial charge in [-0.1, -0.05) is 0 Å². The Morgan fingerprint density at radius 1 is 1.20 bits per heavy atom. The lowest BCUT2D eigenvalue weighted by molar-refractivity contribution is 0.0526. The van der Waals surface area contributed by atoms with Gasteiger partial charge >= 0.3 is 5.97 Å². The number of aryl methyl sites for hydroxylation is 1. The zero-order chi connectivity index (χ0) is 14.4. The average molecular weight is 271 g/mol. The average Bonchev–Trinajstić information content (AvgIpc) is 2.47. The number of anilines is 1. The van der Waals surface area contributed by atoms with E-state index in [0.29, 0.717) is 18.7 Å². The van der Waals surface area contributed by atoms with Crippen LogP contribution in [-0.4, -0.2) is 22.5 Å². The molecule has 0 bridgehead atoms. The number of carbonyl (C=O) groups excluding carboxylic acids is 1. The van der Waals surface area contributed by atoms with Crippen LogP contribution < -0.4 is 5.32 Å². The molecule has 0 aliphatic rings. The molecule has 0 amide bonds. The van der Waals surface area contributed by atoms with Gasteiger partial charge in [-0.3, -0.25) is 9.97 Å². The van der Waals surface area contributed by atoms with E-state index in [1.54, 1.807) is 31.5 Å². The number of hydrogen-bond acceptors (Lipinski definition) is 5. The van der Waals surface area contributed by atoms with Crippen LogP contribution >= 0.6 is 0 Å². The van der Waals surface area contributed by atoms with Crippen LogP contribution in [0.2, 0.25) is 0 Å². The number of esters is 1. The van der Waals surface area contributed by atoms with E-state index < -0.39 is 0 Å². The van der Waals surface area contributed by atoms with E-state index in [2.05, 4.69) is 15.3 Å². The van der Waals surface area contributed by atoms with Crippen molar-refractivity contribution >= 4 is 11.7 Å². The van der Waals surface area contributed by atoms with E-state index in [4.69, 9.17) is 4.74 Å². The van der Waals surface area contributed by atoms with Gasteiger partial charge in [0, 0.05) is 18.1 Å². The molecule has 0 aliphatic carbocycles. The largest absolute Gasteiger partial charge is 0.462 e. The molecule has 2 aromatic rings. The summed E-state index contributed by atoms with van der Waals surface area (Å²) in [6.07, 6.45) is 3.35. The molecule has 0 saturated heterocycles. The van der Waals surface area contributed by atoms with Crippen LogP contribution in [-0.2, 0) is 11.3 Å². The summed E-state index contributed by atoms with van der Waals surface area (Å²) >= 11 is 0. The van der Waals surface area contributed by atoms with Crippen LogP contribution in [0.15, 0.2) is 36.7 Å². The maximum atomic E-state index is 11.5. The van der Waals surface area contributed by atoms with Gasteiger partial charge in [0.1, 0.15) is 0 Å². The van der Waals surface area contributed by atoms with Crippen LogP contribution in [0.1, 0.15) is 28.7 Å². The number of carbonyl (C=O) groups is 1. The molecule has 0 atom stereocenters. The number of nitrogens with one attached hydrogen (secondary N) is 1. The SMILES string of the molecule is CCOC(=O)c1ccc(NCc2nccnc2C)cc1. The topological polar surface area (TPSA) is 64.1 Å². The van der Waals surface area contributed by atoms with Crippen molar-refractivity contribution in [3.05, 3.63) is 53.6 Å². The Hall–Kier alpha value is -2.43. The lowest BCUT2D eigenvalue weighted by atomic mass is 10.2. The minimum atomic E-state index is -0.302. The Kier molecular flexibility index (Phi) is 4.65. The molecule has 0 fully saturated rings. The maximum Gasteiger partial charge on any atom is 0.338 e. The summed E-state index contributed by atoms with van der Waals surface area (Å²) in [5, 5.41) is 3.25. The van der Waals surface area contributed by atoms with Crippen molar-refractivity contribution in [3.63, 3.8) is 0 Å². The molecule has 20 heavy (non-hydrogen) atoms.